The van der Waals surface area contributed by atoms with Crippen molar-refractivity contribution in [3.63, 3.8) is 0 Å². The van der Waals surface area contributed by atoms with Gasteiger partial charge < -0.3 is 5.32 Å². The van der Waals surface area contributed by atoms with Crippen molar-refractivity contribution in [2.75, 3.05) is 7.05 Å². The second kappa shape index (κ2) is 6.26. The molecule has 0 aliphatic rings. The highest BCUT2D eigenvalue weighted by Crippen LogP contribution is 2.21. The molecule has 0 aromatic carbocycles. The van der Waals surface area contributed by atoms with Crippen LogP contribution in [0.4, 0.5) is 0 Å². The molecule has 19 heavy (non-hydrogen) atoms. The van der Waals surface area contributed by atoms with E-state index in [2.05, 4.69) is 56.3 Å². The molecule has 2 heterocycles. The highest BCUT2D eigenvalue weighted by atomic mass is 79.9. The monoisotopic (exact) mass is 319 g/mol. The van der Waals surface area contributed by atoms with Gasteiger partial charge in [-0.15, -0.1) is 0 Å². The summed E-state index contributed by atoms with van der Waals surface area (Å²) in [4.78, 5) is 8.75. The number of nitrogens with one attached hydrogen (secondary N) is 1. The molecule has 0 aliphatic carbocycles. The van der Waals surface area contributed by atoms with Gasteiger partial charge in [0.15, 0.2) is 0 Å². The normalized spacial score (nSPS) is 12.4. The Morgan fingerprint density at radius 1 is 1.26 bits per heavy atom. The minimum atomic E-state index is 0.254. The Morgan fingerprint density at radius 2 is 2.05 bits per heavy atom. The molecule has 0 spiro atoms. The molecular formula is C15H18BrN3. The first kappa shape index (κ1) is 14.2. The van der Waals surface area contributed by atoms with Crippen LogP contribution in [0, 0.1) is 13.8 Å². The zero-order chi connectivity index (χ0) is 13.8. The summed E-state index contributed by atoms with van der Waals surface area (Å²) in [6, 6.07) is 6.58. The molecule has 2 aromatic heterocycles. The second-order valence-corrected chi connectivity index (χ2v) is 5.60. The number of rotatable bonds is 4. The Kier molecular flexibility index (Phi) is 4.66. The van der Waals surface area contributed by atoms with Crippen LogP contribution in [0.5, 0.6) is 0 Å². The van der Waals surface area contributed by atoms with Crippen LogP contribution in [0.2, 0.25) is 0 Å². The summed E-state index contributed by atoms with van der Waals surface area (Å²) in [7, 11) is 1.98. The van der Waals surface area contributed by atoms with Crippen molar-refractivity contribution < 1.29 is 0 Å². The lowest BCUT2D eigenvalue weighted by Gasteiger charge is -2.18. The number of likely N-dealkylation sites (N-methyl/N-ethyl adjacent to an activating group) is 1. The lowest BCUT2D eigenvalue weighted by molar-refractivity contribution is 0.584. The number of hydrogen-bond donors (Lipinski definition) is 1. The van der Waals surface area contributed by atoms with Crippen LogP contribution in [0.25, 0.3) is 0 Å². The topological polar surface area (TPSA) is 37.8 Å². The van der Waals surface area contributed by atoms with E-state index in [0.717, 1.165) is 22.3 Å². The SMILES string of the molecule is CNC(Cc1cncc(Br)c1)c1ccc(C)nc1C. The first-order valence-electron chi connectivity index (χ1n) is 6.31. The molecular weight excluding hydrogens is 302 g/mol. The summed E-state index contributed by atoms with van der Waals surface area (Å²) in [5.74, 6) is 0. The minimum absolute atomic E-state index is 0.254. The van der Waals surface area contributed by atoms with E-state index in [1.165, 1.54) is 11.1 Å². The first-order chi connectivity index (χ1) is 9.10. The van der Waals surface area contributed by atoms with Gasteiger partial charge >= 0.3 is 0 Å². The predicted octanol–water partition coefficient (Wildman–Crippen LogP) is 3.36. The van der Waals surface area contributed by atoms with Gasteiger partial charge in [0.2, 0.25) is 0 Å². The average molecular weight is 320 g/mol. The molecule has 4 heteroatoms. The van der Waals surface area contributed by atoms with E-state index >= 15 is 0 Å². The third-order valence-corrected chi connectivity index (χ3v) is 3.62. The summed E-state index contributed by atoms with van der Waals surface area (Å²) in [5, 5.41) is 3.36. The molecule has 1 unspecified atom stereocenters. The maximum atomic E-state index is 4.54. The number of pyridine rings is 2. The quantitative estimate of drug-likeness (QED) is 0.939. The van der Waals surface area contributed by atoms with Gasteiger partial charge in [-0.25, -0.2) is 0 Å². The van der Waals surface area contributed by atoms with Crippen LogP contribution >= 0.6 is 15.9 Å². The van der Waals surface area contributed by atoms with E-state index in [-0.39, 0.29) is 6.04 Å². The van der Waals surface area contributed by atoms with E-state index in [1.54, 1.807) is 6.20 Å². The van der Waals surface area contributed by atoms with E-state index in [4.69, 9.17) is 0 Å². The molecule has 0 amide bonds. The molecule has 2 rings (SSSR count). The fourth-order valence-electron chi connectivity index (χ4n) is 2.24. The largest absolute Gasteiger partial charge is 0.313 e. The zero-order valence-electron chi connectivity index (χ0n) is 11.4. The predicted molar refractivity (Wildman–Crippen MR) is 81.2 cm³/mol. The summed E-state index contributed by atoms with van der Waals surface area (Å²) in [6.45, 7) is 4.08. The van der Waals surface area contributed by atoms with Crippen LogP contribution in [0.15, 0.2) is 35.1 Å². The molecule has 0 saturated carbocycles. The van der Waals surface area contributed by atoms with Crippen molar-refractivity contribution >= 4 is 15.9 Å². The molecule has 100 valence electrons. The van der Waals surface area contributed by atoms with Gasteiger partial charge in [0.1, 0.15) is 0 Å². The van der Waals surface area contributed by atoms with Crippen LogP contribution in [0.1, 0.15) is 28.6 Å². The summed E-state index contributed by atoms with van der Waals surface area (Å²) >= 11 is 3.46. The van der Waals surface area contributed by atoms with Crippen LogP contribution in [-0.4, -0.2) is 17.0 Å². The van der Waals surface area contributed by atoms with Crippen molar-refractivity contribution in [1.29, 1.82) is 0 Å². The van der Waals surface area contributed by atoms with Crippen LogP contribution < -0.4 is 5.32 Å². The van der Waals surface area contributed by atoms with Gasteiger partial charge in [-0.2, -0.15) is 0 Å². The maximum Gasteiger partial charge on any atom is 0.0423 e. The Hall–Kier alpha value is -1.26. The van der Waals surface area contributed by atoms with Crippen molar-refractivity contribution in [1.82, 2.24) is 15.3 Å². The zero-order valence-corrected chi connectivity index (χ0v) is 13.0. The van der Waals surface area contributed by atoms with Gasteiger partial charge in [0, 0.05) is 34.3 Å². The summed E-state index contributed by atoms with van der Waals surface area (Å²) < 4.78 is 1.01. The Balaban J connectivity index is 2.25. The molecule has 0 aliphatic heterocycles. The van der Waals surface area contributed by atoms with Crippen molar-refractivity contribution in [3.05, 3.63) is 57.6 Å². The van der Waals surface area contributed by atoms with E-state index in [9.17, 15) is 0 Å². The number of nitrogens with zero attached hydrogens (tertiary/aromatic N) is 2. The smallest absolute Gasteiger partial charge is 0.0423 e. The number of halogens is 1. The van der Waals surface area contributed by atoms with E-state index < -0.39 is 0 Å². The molecule has 0 bridgehead atoms. The van der Waals surface area contributed by atoms with Crippen LogP contribution in [-0.2, 0) is 6.42 Å². The second-order valence-electron chi connectivity index (χ2n) is 4.68. The maximum absolute atomic E-state index is 4.54. The minimum Gasteiger partial charge on any atom is -0.313 e. The molecule has 1 N–H and O–H groups in total. The Morgan fingerprint density at radius 3 is 2.68 bits per heavy atom. The fraction of sp³-hybridized carbons (Fsp3) is 0.333. The van der Waals surface area contributed by atoms with Gasteiger partial charge in [-0.1, -0.05) is 6.07 Å². The first-order valence-corrected chi connectivity index (χ1v) is 7.10. The standard InChI is InChI=1S/C15H18BrN3/c1-10-4-5-14(11(2)19-10)15(17-3)7-12-6-13(16)9-18-8-12/h4-6,8-9,15,17H,7H2,1-3H3. The van der Waals surface area contributed by atoms with Crippen molar-refractivity contribution in [2.45, 2.75) is 26.3 Å². The lowest BCUT2D eigenvalue weighted by Crippen LogP contribution is -2.20. The molecule has 1 atom stereocenters. The summed E-state index contributed by atoms with van der Waals surface area (Å²) in [5.41, 5.74) is 4.59. The van der Waals surface area contributed by atoms with Gasteiger partial charge in [0.25, 0.3) is 0 Å². The van der Waals surface area contributed by atoms with Crippen molar-refractivity contribution in [3.8, 4) is 0 Å². The molecule has 0 radical (unpaired) electrons. The number of hydrogen-bond acceptors (Lipinski definition) is 3. The third-order valence-electron chi connectivity index (χ3n) is 3.19. The molecule has 0 fully saturated rings. The molecule has 3 nitrogen and oxygen atoms in total. The number of aryl methyl sites for hydroxylation is 2. The number of aromatic nitrogens is 2. The third kappa shape index (κ3) is 3.61. The van der Waals surface area contributed by atoms with Crippen LogP contribution in [0.3, 0.4) is 0 Å². The van der Waals surface area contributed by atoms with Gasteiger partial charge in [-0.3, -0.25) is 9.97 Å². The Bertz CT molecular complexity index is 569. The highest BCUT2D eigenvalue weighted by Gasteiger charge is 2.13. The molecule has 0 saturated heterocycles. The molecule has 2 aromatic rings. The average Bonchev–Trinajstić information content (AvgIpc) is 2.37. The van der Waals surface area contributed by atoms with E-state index in [0.29, 0.717) is 0 Å². The van der Waals surface area contributed by atoms with Gasteiger partial charge in [-0.05, 0) is 66.5 Å². The summed E-state index contributed by atoms with van der Waals surface area (Å²) in [6.07, 6.45) is 4.61. The highest BCUT2D eigenvalue weighted by molar-refractivity contribution is 9.10. The van der Waals surface area contributed by atoms with E-state index in [1.807, 2.05) is 20.2 Å². The fourth-order valence-corrected chi connectivity index (χ4v) is 2.65. The van der Waals surface area contributed by atoms with Gasteiger partial charge in [0.05, 0.1) is 0 Å². The van der Waals surface area contributed by atoms with Crippen molar-refractivity contribution in [2.24, 2.45) is 0 Å². The lowest BCUT2D eigenvalue weighted by atomic mass is 9.98. The Labute approximate surface area is 122 Å².